The number of benzene rings is 5. The van der Waals surface area contributed by atoms with Crippen molar-refractivity contribution in [3.8, 4) is 0 Å². The van der Waals surface area contributed by atoms with E-state index in [0.29, 0.717) is 51.4 Å². The second-order valence-electron chi connectivity index (χ2n) is 42.6. The number of carbonyl (C=O) groups is 6. The Morgan fingerprint density at radius 3 is 0.905 bits per heavy atom. The summed E-state index contributed by atoms with van der Waals surface area (Å²) in [5, 5.41) is 19.9. The van der Waals surface area contributed by atoms with Gasteiger partial charge in [0, 0.05) is 12.8 Å². The van der Waals surface area contributed by atoms with Crippen molar-refractivity contribution in [3.05, 3.63) is 179 Å². The molecule has 2 aliphatic rings. The first-order chi connectivity index (χ1) is 72.7. The monoisotopic (exact) mass is 2060 g/mol. The highest BCUT2D eigenvalue weighted by atomic mass is 16.7. The maximum atomic E-state index is 16.0. The van der Waals surface area contributed by atoms with E-state index in [1.807, 2.05) is 152 Å². The lowest BCUT2D eigenvalue weighted by molar-refractivity contribution is -0.312. The molecule has 2 amide bonds. The number of aliphatic hydroxyl groups is 1. The van der Waals surface area contributed by atoms with E-state index >= 15 is 19.2 Å². The van der Waals surface area contributed by atoms with E-state index in [9.17, 15) is 14.7 Å². The van der Waals surface area contributed by atoms with E-state index in [0.717, 1.165) is 182 Å². The van der Waals surface area contributed by atoms with Crippen LogP contribution in [-0.4, -0.2) is 140 Å². The van der Waals surface area contributed by atoms with Crippen LogP contribution in [0.1, 0.15) is 480 Å². The molecule has 2 heterocycles. The molecular formula is C127H202N2O19. The van der Waals surface area contributed by atoms with Crippen molar-refractivity contribution in [2.45, 2.75) is 571 Å². The second-order valence-corrected chi connectivity index (χ2v) is 42.6. The first-order valence-corrected chi connectivity index (χ1v) is 59.9. The van der Waals surface area contributed by atoms with E-state index in [-0.39, 0.29) is 84.1 Å². The zero-order valence-electron chi connectivity index (χ0n) is 93.0. The summed E-state index contributed by atoms with van der Waals surface area (Å²) in [6.45, 7) is 13.2. The minimum atomic E-state index is -1.70. The molecule has 0 saturated carbocycles. The van der Waals surface area contributed by atoms with Crippen LogP contribution < -0.4 is 10.6 Å². The Bertz CT molecular complexity index is 4040. The minimum Gasteiger partial charge on any atom is -0.462 e. The third kappa shape index (κ3) is 59.7. The quantitative estimate of drug-likeness (QED) is 0.0186. The summed E-state index contributed by atoms with van der Waals surface area (Å²) in [5.41, 5.74) is 4.31. The van der Waals surface area contributed by atoms with Gasteiger partial charge in [-0.1, -0.05) is 514 Å². The molecule has 0 bridgehead atoms. The number of carbonyl (C=O) groups excluding carboxylic acids is 6. The van der Waals surface area contributed by atoms with Gasteiger partial charge in [-0.2, -0.15) is 0 Å². The summed E-state index contributed by atoms with van der Waals surface area (Å²) in [5.74, 6) is -3.18. The number of esters is 4. The Kier molecular flexibility index (Phi) is 73.2. The predicted octanol–water partition coefficient (Wildman–Crippen LogP) is 30.7. The van der Waals surface area contributed by atoms with Crippen molar-refractivity contribution >= 4 is 35.7 Å². The average molecular weight is 2060 g/mol. The van der Waals surface area contributed by atoms with Crippen LogP contribution in [-0.2, 0) is 119 Å². The predicted molar refractivity (Wildman–Crippen MR) is 595 cm³/mol. The molecule has 5 aromatic carbocycles. The summed E-state index contributed by atoms with van der Waals surface area (Å²) < 4.78 is 83.1. The van der Waals surface area contributed by atoms with Crippen molar-refractivity contribution in [3.63, 3.8) is 0 Å². The van der Waals surface area contributed by atoms with E-state index < -0.39 is 122 Å². The minimum absolute atomic E-state index is 0.0279. The highest BCUT2D eigenvalue weighted by Gasteiger charge is 2.54. The number of ether oxygens (including phenoxy) is 12. The molecule has 834 valence electrons. The summed E-state index contributed by atoms with van der Waals surface area (Å²) in [7, 11) is 0. The molecule has 0 spiro atoms. The first kappa shape index (κ1) is 127. The van der Waals surface area contributed by atoms with Crippen LogP contribution in [0.5, 0.6) is 0 Å². The van der Waals surface area contributed by atoms with Crippen molar-refractivity contribution in [2.75, 3.05) is 13.2 Å². The van der Waals surface area contributed by atoms with Gasteiger partial charge in [0.05, 0.1) is 84.1 Å². The molecule has 5 aromatic rings. The fourth-order valence-electron chi connectivity index (χ4n) is 20.3. The number of amides is 2. The third-order valence-corrected chi connectivity index (χ3v) is 29.2. The standard InChI is InChI=1S/C127H202N2O19/c1-7-13-19-25-31-37-43-49-70-86-108(138-97-104-78-62-56-63-79-104)92-114(130)129-121-125(148-118(134)94-109(139-98-105-80-64-57-65-81-105)87-71-50-44-38-32-26-20-14-8-2)123(140-99-106-82-66-58-67-83-106)113(146-127(121)141-100-107-84-68-59-69-85-107)102-142-126-120(128-115(131)93-110(88-72-51-45-39-33-27-21-15-9-3)143-116(132)90-74-53-47-41-35-29-23-17-11-5)124(122(136)112(145-126)101-137-96-103-76-60-55-61-77-103)147-119(135)95-111(89-73-52-46-40-34-28-22-16-10-4)144-117(133)91-75-54-48-42-36-30-24-18-12-6/h55-69,76-85,108-113,120-127,136H,7-54,70-75,86-102H2,1-6H3,(H,128,131)(H,129,130)/t108-,109-,110-,111-,112?,113?,120?,121?,122-,123-,124?,125?,126-,127+/m1/s1. The molecule has 14 atom stereocenters. The summed E-state index contributed by atoms with van der Waals surface area (Å²) in [6, 6.07) is 45.9. The Morgan fingerprint density at radius 1 is 0.270 bits per heavy atom. The fourth-order valence-corrected chi connectivity index (χ4v) is 20.3. The van der Waals surface area contributed by atoms with Gasteiger partial charge in [0.2, 0.25) is 11.8 Å². The molecule has 0 aliphatic carbocycles. The topological polar surface area (TPSA) is 257 Å². The number of rotatable bonds is 93. The van der Waals surface area contributed by atoms with Crippen LogP contribution in [0.3, 0.4) is 0 Å². The van der Waals surface area contributed by atoms with Crippen molar-refractivity contribution in [1.82, 2.24) is 10.6 Å². The van der Waals surface area contributed by atoms with Crippen LogP contribution in [0.15, 0.2) is 152 Å². The van der Waals surface area contributed by atoms with Gasteiger partial charge >= 0.3 is 23.9 Å². The van der Waals surface area contributed by atoms with Gasteiger partial charge in [-0.05, 0) is 79.2 Å². The summed E-state index contributed by atoms with van der Waals surface area (Å²) >= 11 is 0. The molecule has 148 heavy (non-hydrogen) atoms. The molecule has 2 saturated heterocycles. The van der Waals surface area contributed by atoms with Gasteiger partial charge in [-0.3, -0.25) is 28.8 Å². The van der Waals surface area contributed by atoms with E-state index in [1.165, 1.54) is 167 Å². The maximum Gasteiger partial charge on any atom is 0.310 e. The zero-order chi connectivity index (χ0) is 105. The van der Waals surface area contributed by atoms with Crippen LogP contribution in [0.25, 0.3) is 0 Å². The SMILES string of the molecule is CCCCCCCCCCCC(=O)O[C@H](CCCCCCCCCCC)CC(=O)NC1C(OC(=O)C[C@@H](CCCCCCCCCCC)OC(=O)CCCCCCCCCCC)[C@H](O)C(COCc2ccccc2)O[C@H]1OCC1O[C@H](OCc2ccccc2)C(NC(=O)C[C@@H](CCCCCCCCCCC)OCc2ccccc2)C(OC(=O)C[C@@H](CCCCCCCCCCC)OCc2ccccc2)[C@@H]1OCc1ccccc1. The van der Waals surface area contributed by atoms with Gasteiger partial charge in [0.25, 0.3) is 0 Å². The molecule has 7 rings (SSSR count). The van der Waals surface area contributed by atoms with E-state index in [4.69, 9.17) is 56.8 Å². The number of unbranched alkanes of at least 4 members (excludes halogenated alkanes) is 48. The van der Waals surface area contributed by atoms with E-state index in [2.05, 4.69) is 52.2 Å². The average Bonchev–Trinajstić information content (AvgIpc) is 0.777. The number of aliphatic hydroxyl groups excluding tert-OH is 1. The second kappa shape index (κ2) is 85.0. The van der Waals surface area contributed by atoms with Crippen molar-refractivity contribution < 1.29 is 90.7 Å². The Hall–Kier alpha value is -7.44. The molecule has 3 N–H and O–H groups in total. The van der Waals surface area contributed by atoms with Crippen LogP contribution >= 0.6 is 0 Å². The summed E-state index contributed by atoms with van der Waals surface area (Å²) in [6.07, 6.45) is 45.4. The van der Waals surface area contributed by atoms with Gasteiger partial charge < -0.3 is 72.6 Å². The molecular weight excluding hydrogens is 1860 g/mol. The molecule has 21 heteroatoms. The van der Waals surface area contributed by atoms with Gasteiger partial charge in [-0.15, -0.1) is 0 Å². The van der Waals surface area contributed by atoms with Crippen LogP contribution in [0.2, 0.25) is 0 Å². The van der Waals surface area contributed by atoms with Gasteiger partial charge in [0.15, 0.2) is 24.8 Å². The lowest BCUT2D eigenvalue weighted by Crippen LogP contribution is -2.68. The van der Waals surface area contributed by atoms with Crippen molar-refractivity contribution in [1.29, 1.82) is 0 Å². The lowest BCUT2D eigenvalue weighted by atomic mass is 9.94. The Morgan fingerprint density at radius 2 is 0.541 bits per heavy atom. The van der Waals surface area contributed by atoms with E-state index in [1.54, 1.807) is 0 Å². The highest BCUT2D eigenvalue weighted by molar-refractivity contribution is 5.78. The summed E-state index contributed by atoms with van der Waals surface area (Å²) in [4.78, 5) is 91.8. The fraction of sp³-hybridized carbons (Fsp3) is 0.717. The largest absolute Gasteiger partial charge is 0.462 e. The lowest BCUT2D eigenvalue weighted by Gasteiger charge is -2.47. The van der Waals surface area contributed by atoms with Gasteiger partial charge in [-0.25, -0.2) is 0 Å². The third-order valence-electron chi connectivity index (χ3n) is 29.2. The Labute approximate surface area is 895 Å². The molecule has 21 nitrogen and oxygen atoms in total. The first-order valence-electron chi connectivity index (χ1n) is 59.9. The maximum absolute atomic E-state index is 16.0. The molecule has 0 aromatic heterocycles. The normalized spacial score (nSPS) is 18.6. The van der Waals surface area contributed by atoms with Gasteiger partial charge in [0.1, 0.15) is 48.7 Å². The number of nitrogens with one attached hydrogen (secondary N) is 2. The smallest absolute Gasteiger partial charge is 0.310 e. The number of hydrogen-bond donors (Lipinski definition) is 3. The molecule has 6 unspecified atom stereocenters. The van der Waals surface area contributed by atoms with Crippen LogP contribution in [0.4, 0.5) is 0 Å². The number of hydrogen-bond acceptors (Lipinski definition) is 19. The van der Waals surface area contributed by atoms with Crippen LogP contribution in [0, 0.1) is 0 Å². The molecule has 2 fully saturated rings. The Balaban J connectivity index is 1.35. The molecule has 0 radical (unpaired) electrons. The highest BCUT2D eigenvalue weighted by Crippen LogP contribution is 2.35. The molecule has 2 aliphatic heterocycles. The zero-order valence-corrected chi connectivity index (χ0v) is 93.0. The van der Waals surface area contributed by atoms with Crippen molar-refractivity contribution in [2.24, 2.45) is 0 Å².